The van der Waals surface area contributed by atoms with E-state index in [4.69, 9.17) is 5.73 Å². The largest absolute Gasteiger partial charge is 0.370 e. The Bertz CT molecular complexity index is 402. The second-order valence-electron chi connectivity index (χ2n) is 4.33. The van der Waals surface area contributed by atoms with Crippen molar-refractivity contribution in [2.75, 3.05) is 14.1 Å². The zero-order chi connectivity index (χ0) is 11.8. The summed E-state index contributed by atoms with van der Waals surface area (Å²) >= 11 is 0. The van der Waals surface area contributed by atoms with Crippen LogP contribution in [0.15, 0.2) is 35.3 Å². The summed E-state index contributed by atoms with van der Waals surface area (Å²) in [5.41, 5.74) is 5.04. The van der Waals surface area contributed by atoms with Gasteiger partial charge in [-0.15, -0.1) is 0 Å². The SMILES string of the molecule is CN(C)C(N)=NC1CC1(F)c1ccccc1. The summed E-state index contributed by atoms with van der Waals surface area (Å²) in [6.07, 6.45) is 0.422. The smallest absolute Gasteiger partial charge is 0.191 e. The Morgan fingerprint density at radius 2 is 2.06 bits per heavy atom. The molecular weight excluding hydrogens is 205 g/mol. The van der Waals surface area contributed by atoms with E-state index in [-0.39, 0.29) is 6.04 Å². The standard InChI is InChI=1S/C12H16FN3/c1-16(2)11(14)15-10-8-12(10,13)9-6-4-3-5-7-9/h3-7,10H,8H2,1-2H3,(H2,14,15). The summed E-state index contributed by atoms with van der Waals surface area (Å²) in [5, 5.41) is 0. The first-order valence-corrected chi connectivity index (χ1v) is 5.29. The molecule has 0 heterocycles. The van der Waals surface area contributed by atoms with E-state index in [2.05, 4.69) is 4.99 Å². The fourth-order valence-corrected chi connectivity index (χ4v) is 1.67. The Labute approximate surface area is 94.8 Å². The summed E-state index contributed by atoms with van der Waals surface area (Å²) in [6.45, 7) is 0. The number of hydrogen-bond donors (Lipinski definition) is 1. The second kappa shape index (κ2) is 3.77. The molecule has 4 heteroatoms. The molecule has 2 N–H and O–H groups in total. The fraction of sp³-hybridized carbons (Fsp3) is 0.417. The molecule has 0 saturated heterocycles. The van der Waals surface area contributed by atoms with Crippen molar-refractivity contribution in [2.45, 2.75) is 18.1 Å². The molecule has 0 bridgehead atoms. The van der Waals surface area contributed by atoms with Crippen LogP contribution in [0.5, 0.6) is 0 Å². The predicted octanol–water partition coefficient (Wildman–Crippen LogP) is 1.50. The van der Waals surface area contributed by atoms with Crippen molar-refractivity contribution >= 4 is 5.96 Å². The minimum Gasteiger partial charge on any atom is -0.370 e. The molecule has 0 aliphatic heterocycles. The van der Waals surface area contributed by atoms with Crippen molar-refractivity contribution < 1.29 is 4.39 Å². The first-order valence-electron chi connectivity index (χ1n) is 5.29. The normalized spacial score (nSPS) is 28.9. The highest BCUT2D eigenvalue weighted by Gasteiger charge is 2.57. The van der Waals surface area contributed by atoms with Gasteiger partial charge in [0.1, 0.15) is 0 Å². The minimum atomic E-state index is -1.32. The van der Waals surface area contributed by atoms with Gasteiger partial charge in [-0.25, -0.2) is 9.38 Å². The van der Waals surface area contributed by atoms with Crippen molar-refractivity contribution in [1.29, 1.82) is 0 Å². The molecule has 1 aromatic carbocycles. The first kappa shape index (κ1) is 10.9. The van der Waals surface area contributed by atoms with E-state index in [0.29, 0.717) is 17.9 Å². The van der Waals surface area contributed by atoms with Crippen LogP contribution in [0.1, 0.15) is 12.0 Å². The van der Waals surface area contributed by atoms with E-state index < -0.39 is 5.67 Å². The molecular formula is C12H16FN3. The number of rotatable bonds is 2. The van der Waals surface area contributed by atoms with Gasteiger partial charge in [-0.05, 0) is 5.56 Å². The Hall–Kier alpha value is -1.58. The molecule has 2 rings (SSSR count). The van der Waals surface area contributed by atoms with Gasteiger partial charge in [-0.2, -0.15) is 0 Å². The lowest BCUT2D eigenvalue weighted by Crippen LogP contribution is -2.31. The van der Waals surface area contributed by atoms with Gasteiger partial charge in [0.2, 0.25) is 0 Å². The average Bonchev–Trinajstić information content (AvgIpc) is 2.92. The van der Waals surface area contributed by atoms with E-state index in [1.165, 1.54) is 0 Å². The monoisotopic (exact) mass is 221 g/mol. The van der Waals surface area contributed by atoms with Crippen LogP contribution >= 0.6 is 0 Å². The lowest BCUT2D eigenvalue weighted by atomic mass is 10.1. The molecule has 2 unspecified atom stereocenters. The van der Waals surface area contributed by atoms with E-state index in [1.807, 2.05) is 18.2 Å². The van der Waals surface area contributed by atoms with Gasteiger partial charge >= 0.3 is 0 Å². The Morgan fingerprint density at radius 1 is 1.44 bits per heavy atom. The van der Waals surface area contributed by atoms with E-state index in [1.54, 1.807) is 31.1 Å². The van der Waals surface area contributed by atoms with Crippen LogP contribution in [0, 0.1) is 0 Å². The molecule has 1 aromatic rings. The average molecular weight is 221 g/mol. The summed E-state index contributed by atoms with van der Waals surface area (Å²) in [7, 11) is 3.59. The van der Waals surface area contributed by atoms with Crippen LogP contribution in [0.25, 0.3) is 0 Å². The summed E-state index contributed by atoms with van der Waals surface area (Å²) < 4.78 is 14.3. The highest BCUT2D eigenvalue weighted by molar-refractivity contribution is 5.78. The van der Waals surface area contributed by atoms with Gasteiger partial charge < -0.3 is 10.6 Å². The fourth-order valence-electron chi connectivity index (χ4n) is 1.67. The number of aliphatic imine (C=N–C) groups is 1. The van der Waals surface area contributed by atoms with Crippen LogP contribution in [0.3, 0.4) is 0 Å². The van der Waals surface area contributed by atoms with Gasteiger partial charge in [0.05, 0.1) is 6.04 Å². The van der Waals surface area contributed by atoms with Crippen molar-refractivity contribution in [1.82, 2.24) is 4.90 Å². The quantitative estimate of drug-likeness (QED) is 0.607. The molecule has 16 heavy (non-hydrogen) atoms. The molecule has 0 aromatic heterocycles. The van der Waals surface area contributed by atoms with Gasteiger partial charge in [0, 0.05) is 20.5 Å². The van der Waals surface area contributed by atoms with Crippen molar-refractivity contribution in [2.24, 2.45) is 10.7 Å². The Morgan fingerprint density at radius 3 is 2.62 bits per heavy atom. The molecule has 0 radical (unpaired) electrons. The molecule has 1 fully saturated rings. The molecule has 2 atom stereocenters. The first-order chi connectivity index (χ1) is 7.54. The number of benzene rings is 1. The molecule has 0 amide bonds. The Balaban J connectivity index is 2.13. The highest BCUT2D eigenvalue weighted by atomic mass is 19.1. The third-order valence-electron chi connectivity index (χ3n) is 2.86. The predicted molar refractivity (Wildman–Crippen MR) is 62.9 cm³/mol. The second-order valence-corrected chi connectivity index (χ2v) is 4.33. The van der Waals surface area contributed by atoms with Crippen LogP contribution < -0.4 is 5.73 Å². The van der Waals surface area contributed by atoms with E-state index >= 15 is 0 Å². The molecule has 1 aliphatic rings. The number of alkyl halides is 1. The van der Waals surface area contributed by atoms with Crippen molar-refractivity contribution in [3.8, 4) is 0 Å². The van der Waals surface area contributed by atoms with Crippen LogP contribution in [-0.4, -0.2) is 31.0 Å². The third kappa shape index (κ3) is 1.87. The molecule has 1 aliphatic carbocycles. The molecule has 1 saturated carbocycles. The topological polar surface area (TPSA) is 41.6 Å². The van der Waals surface area contributed by atoms with Gasteiger partial charge in [-0.1, -0.05) is 30.3 Å². The summed E-state index contributed by atoms with van der Waals surface area (Å²) in [6, 6.07) is 8.80. The maximum absolute atomic E-state index is 14.3. The third-order valence-corrected chi connectivity index (χ3v) is 2.86. The summed E-state index contributed by atoms with van der Waals surface area (Å²) in [5.74, 6) is 0.375. The number of nitrogens with zero attached hydrogens (tertiary/aromatic N) is 2. The molecule has 3 nitrogen and oxygen atoms in total. The number of hydrogen-bond acceptors (Lipinski definition) is 1. The van der Waals surface area contributed by atoms with E-state index in [0.717, 1.165) is 0 Å². The maximum Gasteiger partial charge on any atom is 0.191 e. The highest BCUT2D eigenvalue weighted by Crippen LogP contribution is 2.51. The number of halogens is 1. The minimum absolute atomic E-state index is 0.336. The zero-order valence-corrected chi connectivity index (χ0v) is 9.52. The number of nitrogens with two attached hydrogens (primary N) is 1. The zero-order valence-electron chi connectivity index (χ0n) is 9.52. The molecule has 86 valence electrons. The Kier molecular flexibility index (Phi) is 2.58. The number of guanidine groups is 1. The lowest BCUT2D eigenvalue weighted by Gasteiger charge is -2.11. The van der Waals surface area contributed by atoms with E-state index in [9.17, 15) is 4.39 Å². The van der Waals surface area contributed by atoms with Crippen molar-refractivity contribution in [3.63, 3.8) is 0 Å². The van der Waals surface area contributed by atoms with Gasteiger partial charge in [0.15, 0.2) is 11.6 Å². The van der Waals surface area contributed by atoms with Gasteiger partial charge in [0.25, 0.3) is 0 Å². The van der Waals surface area contributed by atoms with Gasteiger partial charge in [-0.3, -0.25) is 0 Å². The molecule has 0 spiro atoms. The van der Waals surface area contributed by atoms with Crippen LogP contribution in [0.4, 0.5) is 4.39 Å². The van der Waals surface area contributed by atoms with Crippen LogP contribution in [-0.2, 0) is 5.67 Å². The maximum atomic E-state index is 14.3. The van der Waals surface area contributed by atoms with Crippen molar-refractivity contribution in [3.05, 3.63) is 35.9 Å². The lowest BCUT2D eigenvalue weighted by molar-refractivity contribution is 0.306. The summed E-state index contributed by atoms with van der Waals surface area (Å²) in [4.78, 5) is 5.85. The van der Waals surface area contributed by atoms with Crippen LogP contribution in [0.2, 0.25) is 0 Å².